The Balaban J connectivity index is 0.00000586. The predicted molar refractivity (Wildman–Crippen MR) is 422 cm³/mol. The number of phosphoric acid groups is 2. The van der Waals surface area contributed by atoms with Gasteiger partial charge in [0.2, 0.25) is 17.7 Å². The number of nitrogens with zero attached hydrogens (tertiary/aromatic N) is 3. The smallest absolute Gasteiger partial charge is 0.394 e. The topological polar surface area (TPSA) is 491 Å². The van der Waals surface area contributed by atoms with Crippen LogP contribution in [-0.2, 0) is 89.2 Å². The van der Waals surface area contributed by atoms with Crippen molar-refractivity contribution in [2.75, 3.05) is 86.2 Å². The molecule has 0 radical (unpaired) electrons. The molecule has 8 unspecified atom stereocenters. The Bertz CT molecular complexity index is 2910. The molecule has 0 spiro atoms. The van der Waals surface area contributed by atoms with E-state index < -0.39 is 183 Å². The molecular weight excluding hydrogens is 1560 g/mol. The van der Waals surface area contributed by atoms with Gasteiger partial charge in [-0.15, -0.1) is 0 Å². The molecule has 6 aliphatic heterocycles. The summed E-state index contributed by atoms with van der Waals surface area (Å²) in [6.07, 6.45) is 1.20. The third kappa shape index (κ3) is 37.2. The van der Waals surface area contributed by atoms with Crippen LogP contribution in [-0.4, -0.2) is 307 Å². The highest BCUT2D eigenvalue weighted by Gasteiger charge is 2.48. The van der Waals surface area contributed by atoms with Crippen LogP contribution in [0.2, 0.25) is 0 Å². The molecule has 676 valence electrons. The summed E-state index contributed by atoms with van der Waals surface area (Å²) in [5.74, 6) is -1.18. The van der Waals surface area contributed by atoms with Crippen LogP contribution in [0.25, 0.3) is 0 Å². The quantitative estimate of drug-likeness (QED) is 0.0240. The number of aliphatic hydroxyl groups excluding tert-OH is 10. The summed E-state index contributed by atoms with van der Waals surface area (Å²) in [6.45, 7) is 9.99. The zero-order chi connectivity index (χ0) is 85.5. The molecule has 0 aromatic heterocycles. The maximum absolute atomic E-state index is 14.1. The number of hydrogen-bond donors (Lipinski definition) is 12. The first-order valence-electron chi connectivity index (χ1n) is 42.9. The Morgan fingerprint density at radius 1 is 0.379 bits per heavy atom. The highest BCUT2D eigenvalue weighted by Crippen LogP contribution is 2.50. The fourth-order valence-electron chi connectivity index (χ4n) is 15.5. The van der Waals surface area contributed by atoms with Gasteiger partial charge in [0.15, 0.2) is 18.9 Å². The van der Waals surface area contributed by atoms with Crippen LogP contribution < -0.4 is 0 Å². The second-order valence-corrected chi connectivity index (χ2v) is 36.0. The summed E-state index contributed by atoms with van der Waals surface area (Å²) in [6, 6.07) is -2.21. The van der Waals surface area contributed by atoms with Gasteiger partial charge in [-0.3, -0.25) is 46.9 Å². The average Bonchev–Trinajstić information content (AvgIpc) is 1.25. The van der Waals surface area contributed by atoms with Gasteiger partial charge in [-0.1, -0.05) is 99.3 Å². The number of carbonyl (C=O) groups excluding carboxylic acids is 6. The van der Waals surface area contributed by atoms with Gasteiger partial charge in [-0.2, -0.15) is 0 Å². The second-order valence-electron chi connectivity index (χ2n) is 33.2. The van der Waals surface area contributed by atoms with E-state index in [0.717, 1.165) is 25.2 Å². The van der Waals surface area contributed by atoms with Crippen LogP contribution in [0.1, 0.15) is 253 Å². The second kappa shape index (κ2) is 55.2. The van der Waals surface area contributed by atoms with Crippen molar-refractivity contribution in [3.8, 4) is 0 Å². The number of ether oxygens (including phenoxy) is 7. The van der Waals surface area contributed by atoms with Crippen molar-refractivity contribution >= 4 is 50.7 Å². The van der Waals surface area contributed by atoms with Crippen molar-refractivity contribution in [2.24, 2.45) is 23.7 Å². The van der Waals surface area contributed by atoms with E-state index in [0.29, 0.717) is 174 Å². The molecule has 6 heterocycles. The number of methoxy groups -OCH3 is 1. The van der Waals surface area contributed by atoms with Gasteiger partial charge in [0.05, 0.1) is 94.4 Å². The number of ketones is 3. The molecule has 6 rings (SSSR count). The van der Waals surface area contributed by atoms with Gasteiger partial charge in [0.1, 0.15) is 54.0 Å². The largest absolute Gasteiger partial charge is 0.472 e. The lowest BCUT2D eigenvalue weighted by Crippen LogP contribution is -2.55. The Labute approximate surface area is 686 Å². The van der Waals surface area contributed by atoms with Gasteiger partial charge in [0.25, 0.3) is 0 Å². The summed E-state index contributed by atoms with van der Waals surface area (Å²) >= 11 is 0. The number of rotatable bonds is 57. The van der Waals surface area contributed by atoms with Crippen LogP contribution in [0.15, 0.2) is 0 Å². The zero-order valence-corrected chi connectivity index (χ0v) is 71.7. The van der Waals surface area contributed by atoms with Crippen LogP contribution >= 0.6 is 15.6 Å². The van der Waals surface area contributed by atoms with Crippen LogP contribution in [0.4, 0.5) is 0 Å². The molecular formula is C80H145N3O31P2. The van der Waals surface area contributed by atoms with Crippen molar-refractivity contribution in [1.29, 1.82) is 0 Å². The predicted octanol–water partition coefficient (Wildman–Crippen LogP) is 6.15. The Hall–Kier alpha value is -3.04. The van der Waals surface area contributed by atoms with E-state index in [4.69, 9.17) is 51.3 Å². The number of hydrogen-bond acceptors (Lipinski definition) is 29. The molecule has 12 N–H and O–H groups in total. The Morgan fingerprint density at radius 3 is 0.922 bits per heavy atom. The van der Waals surface area contributed by atoms with Crippen molar-refractivity contribution < 1.29 is 150 Å². The molecule has 6 fully saturated rings. The first-order valence-corrected chi connectivity index (χ1v) is 45.9. The van der Waals surface area contributed by atoms with Gasteiger partial charge >= 0.3 is 15.6 Å². The molecule has 0 aromatic carbocycles. The summed E-state index contributed by atoms with van der Waals surface area (Å²) in [4.78, 5) is 106. The van der Waals surface area contributed by atoms with Crippen LogP contribution in [0.5, 0.6) is 0 Å². The van der Waals surface area contributed by atoms with E-state index >= 15 is 0 Å². The number of carbonyl (C=O) groups is 6. The third-order valence-electron chi connectivity index (χ3n) is 22.4. The zero-order valence-electron chi connectivity index (χ0n) is 69.9. The maximum atomic E-state index is 14.1. The Kier molecular flexibility index (Phi) is 49.3. The van der Waals surface area contributed by atoms with Crippen LogP contribution in [0.3, 0.4) is 0 Å². The molecule has 3 amide bonds. The monoisotopic (exact) mass is 1710 g/mol. The fraction of sp³-hybridized carbons (Fsp3) is 0.925. The molecule has 116 heavy (non-hydrogen) atoms. The molecule has 0 bridgehead atoms. The molecule has 23 atom stereocenters. The fourth-order valence-corrected chi connectivity index (χ4v) is 17.4. The van der Waals surface area contributed by atoms with Crippen LogP contribution in [0, 0.1) is 23.7 Å². The van der Waals surface area contributed by atoms with Crippen molar-refractivity contribution in [2.45, 2.75) is 364 Å². The number of amides is 3. The molecule has 6 aliphatic rings. The van der Waals surface area contributed by atoms with E-state index in [1.54, 1.807) is 25.7 Å². The lowest BCUT2D eigenvalue weighted by molar-refractivity contribution is -0.282. The standard InChI is InChI=1S/C76H135N3O31P2.C4H10/c1-50-68(90)71(93)62(44-80)106-74(50)101-35-23-11-17-29-56(83)26-14-5-8-20-32-65(87)77-41-59(86)38-53(77)48-104-111(96,97)110-61-40-55(79(43-61)67(89)34-22-10-7-16-28-58(85)31-19-13-25-37-103-76-52(3)70(92)73(95)64(46-82)108-76)49-105-112(98,99)109-60-39-54(47-100-4)78(42-60)66(88)33-21-9-6-15-27-57(84)30-18-12-24-36-102-75-51(2)69(91)72(94)63(45-81)107-75;1-4(2)3/h50-55,59-64,68-76,80-82,86,90-95H,5-49H2,1-4H3,(H,96,97)(H,98,99);4H,1-3H3/t50?,51?,52?,53-,54-,55-,59+,60+,61+,62?,63?,64?,68+,69+,70+,71-,72-,73-,74+,75+,76+;/m0./s1. The molecule has 34 nitrogen and oxygen atoms in total. The highest BCUT2D eigenvalue weighted by atomic mass is 31.2. The normalized spacial score (nSPS) is 30.7. The van der Waals surface area contributed by atoms with Gasteiger partial charge in [0, 0.05) is 122 Å². The minimum absolute atomic E-state index is 0.0186. The number of unbranched alkanes of at least 4 members (excludes halogenated alkanes) is 15. The number of likely N-dealkylation sites (tertiary alicyclic amines) is 3. The summed E-state index contributed by atoms with van der Waals surface area (Å²) < 4.78 is 89.5. The number of β-amino-alcohol motifs (C(OH)–C–C–N with tert-alkyl or cyclic N) is 1. The van der Waals surface area contributed by atoms with E-state index in [9.17, 15) is 98.7 Å². The Morgan fingerprint density at radius 2 is 0.638 bits per heavy atom. The number of phosphoric ester groups is 2. The lowest BCUT2D eigenvalue weighted by Gasteiger charge is -2.40. The molecule has 0 aromatic rings. The third-order valence-corrected chi connectivity index (χ3v) is 24.5. The van der Waals surface area contributed by atoms with Crippen molar-refractivity contribution in [3.63, 3.8) is 0 Å². The highest BCUT2D eigenvalue weighted by molar-refractivity contribution is 7.47. The maximum Gasteiger partial charge on any atom is 0.472 e. The van der Waals surface area contributed by atoms with E-state index in [1.807, 2.05) is 0 Å². The first-order chi connectivity index (χ1) is 55.2. The van der Waals surface area contributed by atoms with Gasteiger partial charge < -0.3 is 109 Å². The molecule has 36 heteroatoms. The summed E-state index contributed by atoms with van der Waals surface area (Å²) in [5.41, 5.74) is 0. The average molecular weight is 1710 g/mol. The summed E-state index contributed by atoms with van der Waals surface area (Å²) in [5, 5.41) is 100. The number of Topliss-reactive ketones (excluding diaryl/α,β-unsaturated/α-hetero) is 3. The molecule has 0 aliphatic carbocycles. The number of aliphatic hydroxyl groups is 10. The van der Waals surface area contributed by atoms with Crippen molar-refractivity contribution in [1.82, 2.24) is 14.7 Å². The minimum Gasteiger partial charge on any atom is -0.394 e. The van der Waals surface area contributed by atoms with E-state index in [1.165, 1.54) is 16.9 Å². The lowest BCUT2D eigenvalue weighted by atomic mass is 9.92. The summed E-state index contributed by atoms with van der Waals surface area (Å²) in [7, 11) is -8.38. The SMILES string of the molecule is CC(C)C.COC[C@@H]1C[C@@H](OP(=O)(O)OC[C@@H]2C[C@@H](OP(=O)(O)OC[C@@H]3C[C@@H](O)CN3C(=O)CCCCCCC(=O)CCCCCO[C@@H]3OC(CO)[C@H](O)[C@H](O)C3C)CN2C(=O)CCCCCCC(=O)CCCCCO[C@@H]2OC(CO)[C@H](O)[C@H](O)C2C)CN1C(=O)CCCCCCC(=O)CCCCCO[C@@H]1OC(CO)[C@H](O)[C@H](O)C1C. The molecule has 6 saturated heterocycles. The van der Waals surface area contributed by atoms with Crippen molar-refractivity contribution in [3.05, 3.63) is 0 Å². The van der Waals surface area contributed by atoms with E-state index in [2.05, 4.69) is 20.8 Å². The minimum atomic E-state index is -4.94. The first kappa shape index (κ1) is 104. The van der Waals surface area contributed by atoms with E-state index in [-0.39, 0.29) is 93.9 Å². The van der Waals surface area contributed by atoms with Gasteiger partial charge in [-0.25, -0.2) is 9.13 Å². The van der Waals surface area contributed by atoms with Gasteiger partial charge in [-0.05, 0) is 102 Å². The molecule has 0 saturated carbocycles.